The van der Waals surface area contributed by atoms with Crippen LogP contribution >= 0.6 is 0 Å². The molecule has 3 nitrogen and oxygen atoms in total. The van der Waals surface area contributed by atoms with Gasteiger partial charge in [0.25, 0.3) is 0 Å². The van der Waals surface area contributed by atoms with Gasteiger partial charge in [0.05, 0.1) is 12.5 Å². The van der Waals surface area contributed by atoms with E-state index in [1.165, 1.54) is 57.8 Å². The topological polar surface area (TPSA) is 63.3 Å². The number of carbonyl (C=O) groups excluding carboxylic acids is 1. The van der Waals surface area contributed by atoms with Gasteiger partial charge < -0.3 is 10.8 Å². The van der Waals surface area contributed by atoms with Crippen LogP contribution < -0.4 is 5.73 Å². The van der Waals surface area contributed by atoms with Gasteiger partial charge in [0, 0.05) is 0 Å². The summed E-state index contributed by atoms with van der Waals surface area (Å²) in [6.45, 7) is 2.14. The molecule has 0 aromatic rings. The van der Waals surface area contributed by atoms with E-state index < -0.39 is 0 Å². The lowest BCUT2D eigenvalue weighted by Crippen LogP contribution is -2.26. The second-order valence-corrected chi connectivity index (χ2v) is 6.30. The normalized spacial score (nSPS) is 12.8. The van der Waals surface area contributed by atoms with Crippen molar-refractivity contribution < 1.29 is 9.90 Å². The number of amides is 1. The molecule has 0 saturated heterocycles. The fourth-order valence-corrected chi connectivity index (χ4v) is 2.61. The van der Waals surface area contributed by atoms with Crippen molar-refractivity contribution in [1.29, 1.82) is 0 Å². The zero-order chi connectivity index (χ0) is 16.5. The third-order valence-electron chi connectivity index (χ3n) is 4.19. The van der Waals surface area contributed by atoms with Gasteiger partial charge in [0.1, 0.15) is 0 Å². The predicted octanol–water partition coefficient (Wildman–Crippen LogP) is 4.73. The van der Waals surface area contributed by atoms with Crippen LogP contribution in [0.25, 0.3) is 0 Å². The van der Waals surface area contributed by atoms with Gasteiger partial charge in [-0.25, -0.2) is 0 Å². The van der Waals surface area contributed by atoms with Crippen molar-refractivity contribution in [2.24, 2.45) is 11.7 Å². The average Bonchev–Trinajstić information content (AvgIpc) is 2.51. The smallest absolute Gasteiger partial charge is 0.222 e. The molecule has 0 saturated carbocycles. The Hall–Kier alpha value is -0.830. The van der Waals surface area contributed by atoms with Gasteiger partial charge in [-0.05, 0) is 32.1 Å². The van der Waals surface area contributed by atoms with Gasteiger partial charge in [0.15, 0.2) is 0 Å². The van der Waals surface area contributed by atoms with E-state index in [0.717, 1.165) is 25.7 Å². The van der Waals surface area contributed by atoms with Gasteiger partial charge in [-0.3, -0.25) is 4.79 Å². The van der Waals surface area contributed by atoms with Gasteiger partial charge in [-0.2, -0.15) is 0 Å². The van der Waals surface area contributed by atoms with Crippen LogP contribution in [0.3, 0.4) is 0 Å². The lowest BCUT2D eigenvalue weighted by Gasteiger charge is -2.08. The number of carbonyl (C=O) groups is 1. The molecule has 0 aliphatic carbocycles. The highest BCUT2D eigenvalue weighted by atomic mass is 16.3. The Morgan fingerprint density at radius 3 is 1.91 bits per heavy atom. The maximum absolute atomic E-state index is 10.9. The first-order valence-electron chi connectivity index (χ1n) is 9.27. The summed E-state index contributed by atoms with van der Waals surface area (Å²) < 4.78 is 0. The lowest BCUT2D eigenvalue weighted by atomic mass is 10.0. The molecule has 1 unspecified atom stereocenters. The van der Waals surface area contributed by atoms with Crippen LogP contribution in [0, 0.1) is 5.92 Å². The van der Waals surface area contributed by atoms with Gasteiger partial charge >= 0.3 is 0 Å². The molecule has 1 amide bonds. The second-order valence-electron chi connectivity index (χ2n) is 6.30. The average molecular weight is 312 g/mol. The maximum Gasteiger partial charge on any atom is 0.222 e. The summed E-state index contributed by atoms with van der Waals surface area (Å²) in [5.41, 5.74) is 5.19. The molecule has 0 radical (unpaired) electrons. The first-order chi connectivity index (χ1) is 10.7. The Balaban J connectivity index is 3.25. The highest BCUT2D eigenvalue weighted by molar-refractivity contribution is 5.76. The number of hydrogen-bond donors (Lipinski definition) is 2. The van der Waals surface area contributed by atoms with Crippen molar-refractivity contribution in [1.82, 2.24) is 0 Å². The quantitative estimate of drug-likeness (QED) is 0.320. The second kappa shape index (κ2) is 16.5. The Labute approximate surface area is 137 Å². The van der Waals surface area contributed by atoms with Crippen LogP contribution in [0.2, 0.25) is 0 Å². The molecule has 0 aliphatic heterocycles. The molecule has 0 spiro atoms. The molecular formula is C19H37NO2. The summed E-state index contributed by atoms with van der Waals surface area (Å²) in [7, 11) is 0. The number of nitrogens with two attached hydrogens (primary N) is 1. The third-order valence-corrected chi connectivity index (χ3v) is 4.19. The van der Waals surface area contributed by atoms with Crippen LogP contribution in [0.5, 0.6) is 0 Å². The Morgan fingerprint density at radius 2 is 1.41 bits per heavy atom. The fraction of sp³-hybridized carbons (Fsp3) is 0.842. The minimum atomic E-state index is -0.375. The van der Waals surface area contributed by atoms with E-state index in [4.69, 9.17) is 10.8 Å². The molecule has 1 atom stereocenters. The molecule has 0 fully saturated rings. The van der Waals surface area contributed by atoms with E-state index in [2.05, 4.69) is 19.1 Å². The summed E-state index contributed by atoms with van der Waals surface area (Å²) in [6, 6.07) is 0. The molecule has 0 aliphatic rings. The van der Waals surface area contributed by atoms with E-state index in [-0.39, 0.29) is 18.4 Å². The maximum atomic E-state index is 10.9. The highest BCUT2D eigenvalue weighted by Gasteiger charge is 2.12. The minimum absolute atomic E-state index is 0.115. The van der Waals surface area contributed by atoms with E-state index in [1.807, 2.05) is 0 Å². The van der Waals surface area contributed by atoms with Crippen molar-refractivity contribution in [3.8, 4) is 0 Å². The largest absolute Gasteiger partial charge is 0.396 e. The van der Waals surface area contributed by atoms with Crippen molar-refractivity contribution in [3.05, 3.63) is 12.2 Å². The van der Waals surface area contributed by atoms with Gasteiger partial charge in [0.2, 0.25) is 5.91 Å². The van der Waals surface area contributed by atoms with Crippen LogP contribution in [-0.4, -0.2) is 17.6 Å². The first kappa shape index (κ1) is 21.2. The van der Waals surface area contributed by atoms with Gasteiger partial charge in [-0.15, -0.1) is 0 Å². The van der Waals surface area contributed by atoms with Crippen molar-refractivity contribution in [2.75, 3.05) is 6.61 Å². The molecule has 22 heavy (non-hydrogen) atoms. The lowest BCUT2D eigenvalue weighted by molar-refractivity contribution is -0.123. The fourth-order valence-electron chi connectivity index (χ4n) is 2.61. The summed E-state index contributed by atoms with van der Waals surface area (Å²) in [5.74, 6) is -0.725. The number of unbranched alkanes of at least 4 members (excludes halogenated alkanes) is 10. The summed E-state index contributed by atoms with van der Waals surface area (Å²) in [4.78, 5) is 10.9. The molecular weight excluding hydrogens is 274 g/mol. The van der Waals surface area contributed by atoms with Gasteiger partial charge in [-0.1, -0.05) is 70.4 Å². The Kier molecular flexibility index (Phi) is 15.9. The molecule has 0 rings (SSSR count). The van der Waals surface area contributed by atoms with Crippen molar-refractivity contribution in [2.45, 2.75) is 90.4 Å². The summed E-state index contributed by atoms with van der Waals surface area (Å²) in [6.07, 6.45) is 20.5. The van der Waals surface area contributed by atoms with Crippen LogP contribution in [0.1, 0.15) is 90.4 Å². The van der Waals surface area contributed by atoms with E-state index in [0.29, 0.717) is 0 Å². The predicted molar refractivity (Wildman–Crippen MR) is 94.6 cm³/mol. The summed E-state index contributed by atoms with van der Waals surface area (Å²) in [5, 5.41) is 8.99. The minimum Gasteiger partial charge on any atom is -0.396 e. The standard InChI is InChI=1S/C19H37NO2/c1-2-3-4-5-6-7-8-9-10-11-12-13-14-15-16-18(17-21)19(20)22/h9-10,18,21H,2-8,11-17H2,1H3,(H2,20,22). The molecule has 3 N–H and O–H groups in total. The number of aliphatic hydroxyl groups is 1. The number of aliphatic hydroxyl groups excluding tert-OH is 1. The number of primary amides is 1. The number of hydrogen-bond acceptors (Lipinski definition) is 2. The molecule has 0 aromatic carbocycles. The van der Waals surface area contributed by atoms with Crippen LogP contribution in [-0.2, 0) is 4.79 Å². The molecule has 0 bridgehead atoms. The molecule has 130 valence electrons. The van der Waals surface area contributed by atoms with E-state index >= 15 is 0 Å². The molecule has 0 heterocycles. The zero-order valence-electron chi connectivity index (χ0n) is 14.6. The van der Waals surface area contributed by atoms with E-state index in [9.17, 15) is 4.79 Å². The van der Waals surface area contributed by atoms with Crippen LogP contribution in [0.4, 0.5) is 0 Å². The molecule has 3 heteroatoms. The van der Waals surface area contributed by atoms with E-state index in [1.54, 1.807) is 0 Å². The summed E-state index contributed by atoms with van der Waals surface area (Å²) >= 11 is 0. The monoisotopic (exact) mass is 311 g/mol. The molecule has 0 aromatic heterocycles. The Morgan fingerprint density at radius 1 is 0.909 bits per heavy atom. The highest BCUT2D eigenvalue weighted by Crippen LogP contribution is 2.12. The SMILES string of the molecule is CCCCCCCCC=CCCCCCCC(CO)C(N)=O. The van der Waals surface area contributed by atoms with Crippen molar-refractivity contribution in [3.63, 3.8) is 0 Å². The third kappa shape index (κ3) is 14.1. The Bertz CT molecular complexity index is 277. The van der Waals surface area contributed by atoms with Crippen molar-refractivity contribution >= 4 is 5.91 Å². The number of allylic oxidation sites excluding steroid dienone is 2. The number of rotatable bonds is 16. The zero-order valence-corrected chi connectivity index (χ0v) is 14.6. The first-order valence-corrected chi connectivity index (χ1v) is 9.27. The van der Waals surface area contributed by atoms with Crippen LogP contribution in [0.15, 0.2) is 12.2 Å².